The molecule has 0 aromatic carbocycles. The van der Waals surface area contributed by atoms with Crippen LogP contribution in [0.15, 0.2) is 10.6 Å². The molecular weight excluding hydrogens is 364 g/mol. The Morgan fingerprint density at radius 2 is 2.04 bits per heavy atom. The molecule has 0 radical (unpaired) electrons. The highest BCUT2D eigenvalue weighted by molar-refractivity contribution is 5.92. The van der Waals surface area contributed by atoms with Crippen LogP contribution in [0.5, 0.6) is 0 Å². The van der Waals surface area contributed by atoms with Crippen molar-refractivity contribution in [1.29, 1.82) is 0 Å². The number of aryl methyl sites for hydroxylation is 1. The van der Waals surface area contributed by atoms with E-state index in [2.05, 4.69) is 28.0 Å². The van der Waals surface area contributed by atoms with E-state index in [9.17, 15) is 14.4 Å². The first-order valence-corrected chi connectivity index (χ1v) is 9.87. The molecule has 156 valence electrons. The van der Waals surface area contributed by atoms with Gasteiger partial charge in [-0.25, -0.2) is 4.79 Å². The summed E-state index contributed by atoms with van der Waals surface area (Å²) >= 11 is 0. The lowest BCUT2D eigenvalue weighted by Gasteiger charge is -2.36. The minimum atomic E-state index is -1.14. The van der Waals surface area contributed by atoms with Crippen molar-refractivity contribution in [2.75, 3.05) is 0 Å². The van der Waals surface area contributed by atoms with Gasteiger partial charge in [-0.3, -0.25) is 9.59 Å². The molecular formula is C19H30N4O5. The van der Waals surface area contributed by atoms with Gasteiger partial charge in [0.25, 0.3) is 5.91 Å². The molecule has 0 unspecified atom stereocenters. The van der Waals surface area contributed by atoms with Crippen LogP contribution in [0.2, 0.25) is 0 Å². The van der Waals surface area contributed by atoms with Gasteiger partial charge >= 0.3 is 6.09 Å². The molecule has 2 rings (SSSR count). The molecule has 3 amide bonds. The molecule has 1 saturated carbocycles. The maximum Gasteiger partial charge on any atom is 0.404 e. The Labute approximate surface area is 164 Å². The molecule has 1 fully saturated rings. The normalized spacial score (nSPS) is 22.9. The lowest BCUT2D eigenvalue weighted by molar-refractivity contribution is -0.122. The Balaban J connectivity index is 1.84. The van der Waals surface area contributed by atoms with Crippen molar-refractivity contribution in [3.05, 3.63) is 17.5 Å². The van der Waals surface area contributed by atoms with Crippen molar-refractivity contribution in [2.45, 2.75) is 77.4 Å². The van der Waals surface area contributed by atoms with Crippen LogP contribution in [0.3, 0.4) is 0 Å². The van der Waals surface area contributed by atoms with Crippen molar-refractivity contribution in [2.24, 2.45) is 5.92 Å². The van der Waals surface area contributed by atoms with Gasteiger partial charge in [0.15, 0.2) is 5.69 Å². The Bertz CT molecular complexity index is 690. The van der Waals surface area contributed by atoms with Crippen molar-refractivity contribution in [1.82, 2.24) is 21.1 Å². The van der Waals surface area contributed by atoms with Gasteiger partial charge in [-0.05, 0) is 32.1 Å². The van der Waals surface area contributed by atoms with Gasteiger partial charge < -0.3 is 25.6 Å². The maximum atomic E-state index is 12.4. The second-order valence-electron chi connectivity index (χ2n) is 7.41. The van der Waals surface area contributed by atoms with Crippen LogP contribution in [-0.2, 0) is 11.2 Å². The van der Waals surface area contributed by atoms with E-state index < -0.39 is 12.1 Å². The molecule has 1 aromatic rings. The maximum absolute atomic E-state index is 12.4. The Morgan fingerprint density at radius 1 is 1.29 bits per heavy atom. The predicted molar refractivity (Wildman–Crippen MR) is 102 cm³/mol. The number of amides is 3. The molecule has 0 saturated heterocycles. The van der Waals surface area contributed by atoms with Gasteiger partial charge in [-0.2, -0.15) is 0 Å². The zero-order valence-corrected chi connectivity index (χ0v) is 16.7. The number of carboxylic acid groups (broad SMARTS) is 1. The number of aromatic nitrogens is 1. The second kappa shape index (κ2) is 10.1. The first-order chi connectivity index (χ1) is 13.3. The number of nitrogens with one attached hydrogen (secondary N) is 3. The average molecular weight is 394 g/mol. The Kier molecular flexibility index (Phi) is 7.83. The molecule has 1 aromatic heterocycles. The van der Waals surface area contributed by atoms with Gasteiger partial charge in [0.2, 0.25) is 5.91 Å². The van der Waals surface area contributed by atoms with Crippen LogP contribution in [0.25, 0.3) is 0 Å². The SMILES string of the molecule is CCc1cc(C(=O)N[C@H]2CC[C@H](NC(=O)C[C@H](C)NC(=O)O)C[C@H]2CC)no1. The summed E-state index contributed by atoms with van der Waals surface area (Å²) in [5, 5.41) is 20.8. The lowest BCUT2D eigenvalue weighted by Crippen LogP contribution is -2.49. The highest BCUT2D eigenvalue weighted by atomic mass is 16.5. The fourth-order valence-corrected chi connectivity index (χ4v) is 3.69. The molecule has 1 heterocycles. The molecule has 1 aliphatic rings. The fraction of sp³-hybridized carbons (Fsp3) is 0.684. The highest BCUT2D eigenvalue weighted by Crippen LogP contribution is 2.28. The second-order valence-corrected chi connectivity index (χ2v) is 7.41. The van der Waals surface area contributed by atoms with Crippen LogP contribution in [0.1, 0.15) is 69.1 Å². The largest absolute Gasteiger partial charge is 0.465 e. The van der Waals surface area contributed by atoms with E-state index in [-0.39, 0.29) is 36.2 Å². The van der Waals surface area contributed by atoms with Crippen LogP contribution >= 0.6 is 0 Å². The van der Waals surface area contributed by atoms with Gasteiger partial charge in [0.1, 0.15) is 5.76 Å². The van der Waals surface area contributed by atoms with Crippen LogP contribution in [0, 0.1) is 5.92 Å². The standard InChI is InChI=1S/C19H30N4O5/c1-4-12-9-13(21-17(24)8-11(3)20-19(26)27)6-7-15(12)22-18(25)16-10-14(5-2)28-23-16/h10-13,15,20H,4-9H2,1-3H3,(H,21,24)(H,22,25)(H,26,27)/t11-,12+,13-,15-/m0/s1. The van der Waals surface area contributed by atoms with Gasteiger partial charge in [-0.15, -0.1) is 0 Å². The summed E-state index contributed by atoms with van der Waals surface area (Å²) in [5.41, 5.74) is 0.294. The van der Waals surface area contributed by atoms with E-state index in [1.165, 1.54) is 0 Å². The molecule has 0 spiro atoms. The number of carbonyl (C=O) groups is 3. The van der Waals surface area contributed by atoms with Crippen LogP contribution in [-0.4, -0.2) is 46.3 Å². The first-order valence-electron chi connectivity index (χ1n) is 9.87. The molecule has 9 heteroatoms. The zero-order chi connectivity index (χ0) is 20.7. The summed E-state index contributed by atoms with van der Waals surface area (Å²) in [5.74, 6) is 0.520. The average Bonchev–Trinajstić information content (AvgIpc) is 3.11. The summed E-state index contributed by atoms with van der Waals surface area (Å²) in [4.78, 5) is 35.2. The number of hydrogen-bond acceptors (Lipinski definition) is 5. The minimum absolute atomic E-state index is 0.0278. The first kappa shape index (κ1) is 21.7. The van der Waals surface area contributed by atoms with Gasteiger partial charge in [-0.1, -0.05) is 25.4 Å². The fourth-order valence-electron chi connectivity index (χ4n) is 3.69. The highest BCUT2D eigenvalue weighted by Gasteiger charge is 2.32. The summed E-state index contributed by atoms with van der Waals surface area (Å²) in [7, 11) is 0. The van der Waals surface area contributed by atoms with E-state index in [0.29, 0.717) is 17.9 Å². The van der Waals surface area contributed by atoms with Crippen molar-refractivity contribution < 1.29 is 24.0 Å². The van der Waals surface area contributed by atoms with Gasteiger partial charge in [0.05, 0.1) is 0 Å². The predicted octanol–water partition coefficient (Wildman–Crippen LogP) is 2.08. The number of nitrogens with zero attached hydrogens (tertiary/aromatic N) is 1. The van der Waals surface area contributed by atoms with E-state index in [1.54, 1.807) is 13.0 Å². The summed E-state index contributed by atoms with van der Waals surface area (Å²) in [6.45, 7) is 5.66. The third-order valence-corrected chi connectivity index (χ3v) is 5.19. The summed E-state index contributed by atoms with van der Waals surface area (Å²) < 4.78 is 5.09. The lowest BCUT2D eigenvalue weighted by atomic mass is 9.80. The smallest absolute Gasteiger partial charge is 0.404 e. The Morgan fingerprint density at radius 3 is 2.64 bits per heavy atom. The van der Waals surface area contributed by atoms with Gasteiger partial charge in [0, 0.05) is 37.0 Å². The third kappa shape index (κ3) is 6.24. The van der Waals surface area contributed by atoms with E-state index >= 15 is 0 Å². The summed E-state index contributed by atoms with van der Waals surface area (Å²) in [6.07, 6.45) is 2.82. The quantitative estimate of drug-likeness (QED) is 0.533. The van der Waals surface area contributed by atoms with Crippen LogP contribution in [0.4, 0.5) is 4.79 Å². The zero-order valence-electron chi connectivity index (χ0n) is 16.7. The molecule has 0 aliphatic heterocycles. The molecule has 4 atom stereocenters. The molecule has 4 N–H and O–H groups in total. The van der Waals surface area contributed by atoms with Crippen molar-refractivity contribution >= 4 is 17.9 Å². The third-order valence-electron chi connectivity index (χ3n) is 5.19. The van der Waals surface area contributed by atoms with E-state index in [0.717, 1.165) is 25.7 Å². The van der Waals surface area contributed by atoms with Crippen molar-refractivity contribution in [3.8, 4) is 0 Å². The number of rotatable bonds is 8. The van der Waals surface area contributed by atoms with Crippen LogP contribution < -0.4 is 16.0 Å². The van der Waals surface area contributed by atoms with E-state index in [1.807, 2.05) is 6.92 Å². The number of hydrogen-bond donors (Lipinski definition) is 4. The monoisotopic (exact) mass is 394 g/mol. The minimum Gasteiger partial charge on any atom is -0.465 e. The molecule has 0 bridgehead atoms. The Hall–Kier alpha value is -2.58. The topological polar surface area (TPSA) is 134 Å². The molecule has 9 nitrogen and oxygen atoms in total. The molecule has 1 aliphatic carbocycles. The van der Waals surface area contributed by atoms with Crippen molar-refractivity contribution in [3.63, 3.8) is 0 Å². The molecule has 28 heavy (non-hydrogen) atoms. The van der Waals surface area contributed by atoms with E-state index in [4.69, 9.17) is 9.63 Å². The number of carbonyl (C=O) groups excluding carboxylic acids is 2. The summed E-state index contributed by atoms with van der Waals surface area (Å²) in [6, 6.07) is 1.28.